The number of phosphoric acid groups is 1. The molecule has 0 aliphatic rings. The molecule has 0 radical (unpaired) electrons. The summed E-state index contributed by atoms with van der Waals surface area (Å²) in [4.78, 5) is 14.8. The highest BCUT2D eigenvalue weighted by atomic mass is 31.2. The number of hydrogen-bond donors (Lipinski definition) is 0. The first-order valence-corrected chi connectivity index (χ1v) is 15.8. The molecule has 236 valence electrons. The molecule has 3 aromatic carbocycles. The summed E-state index contributed by atoms with van der Waals surface area (Å²) in [6.45, 7) is 14.0. The Labute approximate surface area is 260 Å². The summed E-state index contributed by atoms with van der Waals surface area (Å²) in [5.41, 5.74) is 0.193. The minimum absolute atomic E-state index is 0.250. The van der Waals surface area contributed by atoms with Crippen molar-refractivity contribution in [3.05, 3.63) is 116 Å². The number of hydrogen-bond acceptors (Lipinski definition) is 8. The number of rotatable bonds is 17. The lowest BCUT2D eigenvalue weighted by Crippen LogP contribution is -2.43. The fraction of sp³-hybridized carbons (Fsp3) is 0.324. The van der Waals surface area contributed by atoms with Gasteiger partial charge in [-0.05, 0) is 88.6 Å². The van der Waals surface area contributed by atoms with Crippen LogP contribution in [-0.2, 0) is 25.2 Å². The molecule has 10 heteroatoms. The van der Waals surface area contributed by atoms with Crippen LogP contribution in [0, 0.1) is 0 Å². The topological polar surface area (TPSA) is 92.8 Å². The van der Waals surface area contributed by atoms with Crippen LogP contribution < -0.4 is 13.8 Å². The van der Waals surface area contributed by atoms with Crippen LogP contribution in [0.1, 0.15) is 45.6 Å². The largest absolute Gasteiger partial charge is 0.648 e. The lowest BCUT2D eigenvalue weighted by Gasteiger charge is -2.34. The normalized spacial score (nSPS) is 12.0. The number of carbonyl (C=O) groups excluding carboxylic acids is 1. The SMILES string of the molecule is C=CCC(CCCOCc1ccc(OC)cc1)N(C(=C)OP(=O)(Oc1ccccc1)Oc1ccccc1)C(=O)OC(C)(C)C. The molecule has 0 aromatic heterocycles. The highest BCUT2D eigenvalue weighted by molar-refractivity contribution is 7.49. The third-order valence-electron chi connectivity index (χ3n) is 6.05. The fourth-order valence-electron chi connectivity index (χ4n) is 4.09. The van der Waals surface area contributed by atoms with E-state index < -0.39 is 25.6 Å². The molecule has 0 heterocycles. The number of carbonyl (C=O) groups is 1. The van der Waals surface area contributed by atoms with Crippen molar-refractivity contribution in [2.24, 2.45) is 0 Å². The summed E-state index contributed by atoms with van der Waals surface area (Å²) in [5.74, 6) is 1.03. The van der Waals surface area contributed by atoms with Gasteiger partial charge in [0.2, 0.25) is 5.88 Å². The van der Waals surface area contributed by atoms with Crippen molar-refractivity contribution >= 4 is 13.9 Å². The van der Waals surface area contributed by atoms with E-state index in [0.29, 0.717) is 32.5 Å². The standard InChI is InChI=1S/C34H42NO8P/c1-7-15-29(16-14-25-39-26-28-21-23-30(38-6)24-22-28)35(33(36)40-34(3,4)5)27(2)41-44(37,42-31-17-10-8-11-18-31)43-32-19-12-9-13-20-32/h7-13,17-24,29H,1-2,14-16,25-26H2,3-6H3. The van der Waals surface area contributed by atoms with Crippen molar-refractivity contribution < 1.29 is 37.1 Å². The Balaban J connectivity index is 1.78. The van der Waals surface area contributed by atoms with Crippen molar-refractivity contribution in [1.29, 1.82) is 0 Å². The van der Waals surface area contributed by atoms with Gasteiger partial charge in [0.25, 0.3) is 0 Å². The molecule has 0 saturated heterocycles. The van der Waals surface area contributed by atoms with E-state index >= 15 is 0 Å². The molecule has 3 aromatic rings. The predicted octanol–water partition coefficient (Wildman–Crippen LogP) is 8.93. The second-order valence-electron chi connectivity index (χ2n) is 10.8. The third kappa shape index (κ3) is 11.5. The first kappa shape index (κ1) is 34.3. The molecule has 0 saturated carbocycles. The monoisotopic (exact) mass is 623 g/mol. The maximum atomic E-state index is 14.1. The molecule has 44 heavy (non-hydrogen) atoms. The van der Waals surface area contributed by atoms with Crippen molar-refractivity contribution in [2.45, 2.75) is 58.3 Å². The van der Waals surface area contributed by atoms with E-state index in [1.165, 1.54) is 4.90 Å². The van der Waals surface area contributed by atoms with E-state index in [2.05, 4.69) is 13.2 Å². The molecule has 1 amide bonds. The number of benzene rings is 3. The van der Waals surface area contributed by atoms with Crippen LogP contribution in [0.15, 0.2) is 110 Å². The van der Waals surface area contributed by atoms with E-state index in [0.717, 1.165) is 11.3 Å². The van der Waals surface area contributed by atoms with Crippen molar-refractivity contribution in [2.75, 3.05) is 13.7 Å². The van der Waals surface area contributed by atoms with Gasteiger partial charge in [0.1, 0.15) is 22.8 Å². The highest BCUT2D eigenvalue weighted by Gasteiger charge is 2.39. The van der Waals surface area contributed by atoms with Gasteiger partial charge in [0.05, 0.1) is 13.7 Å². The summed E-state index contributed by atoms with van der Waals surface area (Å²) in [7, 11) is -2.79. The maximum Gasteiger partial charge on any atom is 0.648 e. The average molecular weight is 624 g/mol. The lowest BCUT2D eigenvalue weighted by atomic mass is 10.1. The molecule has 3 rings (SSSR count). The number of methoxy groups -OCH3 is 1. The van der Waals surface area contributed by atoms with Crippen LogP contribution in [0.3, 0.4) is 0 Å². The Bertz CT molecular complexity index is 1330. The van der Waals surface area contributed by atoms with Crippen LogP contribution >= 0.6 is 7.82 Å². The molecule has 0 aliphatic carbocycles. The van der Waals surface area contributed by atoms with E-state index in [-0.39, 0.29) is 17.4 Å². The van der Waals surface area contributed by atoms with Gasteiger partial charge in [-0.2, -0.15) is 4.57 Å². The number of nitrogens with zero attached hydrogens (tertiary/aromatic N) is 1. The molecule has 0 aliphatic heterocycles. The first-order valence-electron chi connectivity index (χ1n) is 14.3. The van der Waals surface area contributed by atoms with E-state index in [9.17, 15) is 9.36 Å². The quantitative estimate of drug-likeness (QED) is 0.0637. The number of phosphoric ester groups is 1. The summed E-state index contributed by atoms with van der Waals surface area (Å²) < 4.78 is 48.2. The summed E-state index contributed by atoms with van der Waals surface area (Å²) in [6, 6.07) is 24.1. The number of amides is 1. The van der Waals surface area contributed by atoms with Gasteiger partial charge in [-0.25, -0.2) is 9.69 Å². The zero-order valence-corrected chi connectivity index (χ0v) is 26.7. The van der Waals surface area contributed by atoms with Crippen LogP contribution in [0.5, 0.6) is 17.2 Å². The minimum atomic E-state index is -4.41. The minimum Gasteiger partial charge on any atom is -0.497 e. The second kappa shape index (κ2) is 16.6. The zero-order chi connectivity index (χ0) is 32.0. The lowest BCUT2D eigenvalue weighted by molar-refractivity contribution is 0.0121. The molecule has 0 spiro atoms. The van der Waals surface area contributed by atoms with Gasteiger partial charge in [-0.3, -0.25) is 0 Å². The Morgan fingerprint density at radius 3 is 1.98 bits per heavy atom. The fourth-order valence-corrected chi connectivity index (χ4v) is 5.31. The highest BCUT2D eigenvalue weighted by Crippen LogP contribution is 2.51. The van der Waals surface area contributed by atoms with E-state index in [1.807, 2.05) is 24.3 Å². The van der Waals surface area contributed by atoms with Gasteiger partial charge in [-0.1, -0.05) is 54.6 Å². The van der Waals surface area contributed by atoms with Crippen LogP contribution in [0.4, 0.5) is 4.79 Å². The molecule has 1 atom stereocenters. The van der Waals surface area contributed by atoms with Gasteiger partial charge in [0, 0.05) is 12.6 Å². The molecule has 0 N–H and O–H groups in total. The molecule has 0 bridgehead atoms. The van der Waals surface area contributed by atoms with Gasteiger partial charge >= 0.3 is 13.9 Å². The van der Waals surface area contributed by atoms with Crippen molar-refractivity contribution in [3.63, 3.8) is 0 Å². The van der Waals surface area contributed by atoms with E-state index in [4.69, 9.17) is 27.8 Å². The Morgan fingerprint density at radius 2 is 1.48 bits per heavy atom. The van der Waals surface area contributed by atoms with Crippen molar-refractivity contribution in [3.8, 4) is 17.2 Å². The Hall–Kier alpha value is -4.20. The number of para-hydroxylation sites is 2. The van der Waals surface area contributed by atoms with Crippen LogP contribution in [0.25, 0.3) is 0 Å². The Morgan fingerprint density at radius 1 is 0.909 bits per heavy atom. The average Bonchev–Trinajstić information content (AvgIpc) is 2.97. The van der Waals surface area contributed by atoms with Crippen molar-refractivity contribution in [1.82, 2.24) is 4.90 Å². The molecular formula is C34H42NO8P. The molecule has 9 nitrogen and oxygen atoms in total. The smallest absolute Gasteiger partial charge is 0.497 e. The van der Waals surface area contributed by atoms with Crippen LogP contribution in [0.2, 0.25) is 0 Å². The molecule has 1 unspecified atom stereocenters. The van der Waals surface area contributed by atoms with Gasteiger partial charge in [0.15, 0.2) is 0 Å². The third-order valence-corrected chi connectivity index (χ3v) is 7.36. The predicted molar refractivity (Wildman–Crippen MR) is 171 cm³/mol. The van der Waals surface area contributed by atoms with Crippen LogP contribution in [-0.4, -0.2) is 36.4 Å². The van der Waals surface area contributed by atoms with Gasteiger partial charge in [-0.15, -0.1) is 6.58 Å². The first-order chi connectivity index (χ1) is 21.0. The maximum absolute atomic E-state index is 14.1. The van der Waals surface area contributed by atoms with Gasteiger partial charge < -0.3 is 27.8 Å². The zero-order valence-electron chi connectivity index (χ0n) is 25.8. The second-order valence-corrected chi connectivity index (χ2v) is 12.3. The summed E-state index contributed by atoms with van der Waals surface area (Å²) >= 11 is 0. The van der Waals surface area contributed by atoms with E-state index in [1.54, 1.807) is 94.6 Å². The summed E-state index contributed by atoms with van der Waals surface area (Å²) in [5, 5.41) is 0. The Kier molecular flexibility index (Phi) is 12.9. The molecule has 0 fully saturated rings. The molecular weight excluding hydrogens is 581 g/mol. The summed E-state index contributed by atoms with van der Waals surface area (Å²) in [6.07, 6.45) is 2.43. The number of ether oxygens (including phenoxy) is 3.